The maximum Gasteiger partial charge on any atom is 0.0827 e. The molecule has 0 N–H and O–H groups in total. The Morgan fingerprint density at radius 3 is 2.21 bits per heavy atom. The average molecular weight is 347 g/mol. The van der Waals surface area contributed by atoms with Crippen LogP contribution in [0.4, 0.5) is 5.69 Å². The molecule has 0 amide bonds. The van der Waals surface area contributed by atoms with Gasteiger partial charge in [0.15, 0.2) is 0 Å². The summed E-state index contributed by atoms with van der Waals surface area (Å²) in [6.45, 7) is 15.7. The minimum Gasteiger partial charge on any atom is -0.378 e. The van der Waals surface area contributed by atoms with Gasteiger partial charge >= 0.3 is 0 Å². The Hall–Kier alpha value is -0.873. The molecule has 2 heterocycles. The molecule has 1 saturated carbocycles. The van der Waals surface area contributed by atoms with Gasteiger partial charge in [-0.25, -0.2) is 0 Å². The van der Waals surface area contributed by atoms with Gasteiger partial charge in [0.1, 0.15) is 0 Å². The molecule has 0 radical (unpaired) electrons. The van der Waals surface area contributed by atoms with E-state index in [1.807, 2.05) is 0 Å². The molecule has 4 heteroatoms. The van der Waals surface area contributed by atoms with Crippen molar-refractivity contribution in [3.8, 4) is 0 Å². The number of aryl methyl sites for hydroxylation is 1. The van der Waals surface area contributed by atoms with Crippen LogP contribution in [0.2, 0.25) is 19.6 Å². The Bertz CT molecular complexity index is 582. The fourth-order valence-corrected chi connectivity index (χ4v) is 6.48. The average Bonchev–Trinajstić information content (AvgIpc) is 2.57. The molecule has 1 aromatic rings. The van der Waals surface area contributed by atoms with Crippen LogP contribution in [0.1, 0.15) is 55.0 Å². The van der Waals surface area contributed by atoms with Gasteiger partial charge in [0.25, 0.3) is 0 Å². The van der Waals surface area contributed by atoms with E-state index in [2.05, 4.69) is 38.4 Å². The van der Waals surface area contributed by atoms with Crippen LogP contribution in [0.25, 0.3) is 0 Å². The molecule has 0 bridgehead atoms. The number of nitrogens with zero attached hydrogens (tertiary/aromatic N) is 2. The number of pyridine rings is 1. The molecule has 1 aromatic heterocycles. The first-order valence-electron chi connectivity index (χ1n) is 9.74. The van der Waals surface area contributed by atoms with E-state index in [1.54, 1.807) is 5.19 Å². The van der Waals surface area contributed by atoms with Gasteiger partial charge in [-0.3, -0.25) is 4.98 Å². The predicted molar refractivity (Wildman–Crippen MR) is 106 cm³/mol. The largest absolute Gasteiger partial charge is 0.378 e. The Kier molecular flexibility index (Phi) is 5.35. The van der Waals surface area contributed by atoms with Crippen LogP contribution in [0.5, 0.6) is 0 Å². The summed E-state index contributed by atoms with van der Waals surface area (Å²) in [6.07, 6.45) is 6.81. The van der Waals surface area contributed by atoms with E-state index in [-0.39, 0.29) is 0 Å². The van der Waals surface area contributed by atoms with Gasteiger partial charge < -0.3 is 9.64 Å². The molecule has 134 valence electrons. The molecule has 0 atom stereocenters. The molecule has 24 heavy (non-hydrogen) atoms. The Morgan fingerprint density at radius 2 is 1.62 bits per heavy atom. The molecule has 1 aliphatic heterocycles. The Morgan fingerprint density at radius 1 is 1.00 bits per heavy atom. The number of morpholine rings is 1. The van der Waals surface area contributed by atoms with Crippen LogP contribution >= 0.6 is 0 Å². The maximum absolute atomic E-state index is 5.62. The highest BCUT2D eigenvalue weighted by atomic mass is 28.3. The lowest BCUT2D eigenvalue weighted by Gasteiger charge is -2.38. The zero-order valence-corrected chi connectivity index (χ0v) is 17.2. The normalized spacial score (nSPS) is 20.5. The van der Waals surface area contributed by atoms with E-state index in [0.29, 0.717) is 5.92 Å². The fourth-order valence-electron chi connectivity index (χ4n) is 4.39. The van der Waals surface area contributed by atoms with Crippen molar-refractivity contribution in [2.75, 3.05) is 31.2 Å². The molecule has 3 rings (SSSR count). The smallest absolute Gasteiger partial charge is 0.0827 e. The first-order valence-corrected chi connectivity index (χ1v) is 13.2. The van der Waals surface area contributed by atoms with Crippen LogP contribution in [0, 0.1) is 13.8 Å². The van der Waals surface area contributed by atoms with Crippen molar-refractivity contribution in [2.24, 2.45) is 0 Å². The van der Waals surface area contributed by atoms with Crippen LogP contribution in [-0.2, 0) is 4.74 Å². The molecule has 2 aliphatic rings. The molecule has 0 aromatic carbocycles. The van der Waals surface area contributed by atoms with E-state index in [9.17, 15) is 0 Å². The first-order chi connectivity index (χ1) is 11.4. The highest BCUT2D eigenvalue weighted by Gasteiger charge is 2.33. The third kappa shape index (κ3) is 3.55. The van der Waals surface area contributed by atoms with Crippen molar-refractivity contribution < 1.29 is 4.74 Å². The minimum absolute atomic E-state index is 0.680. The number of hydrogen-bond donors (Lipinski definition) is 0. The van der Waals surface area contributed by atoms with Crippen LogP contribution < -0.4 is 10.1 Å². The van der Waals surface area contributed by atoms with Crippen molar-refractivity contribution in [1.82, 2.24) is 4.98 Å². The maximum atomic E-state index is 5.62. The van der Waals surface area contributed by atoms with Crippen molar-refractivity contribution in [2.45, 2.75) is 71.5 Å². The monoisotopic (exact) mass is 346 g/mol. The third-order valence-corrected chi connectivity index (χ3v) is 7.74. The molecule has 0 unspecified atom stereocenters. The molecular formula is C20H34N2OSi. The van der Waals surface area contributed by atoms with E-state index in [1.165, 1.54) is 54.7 Å². The van der Waals surface area contributed by atoms with Crippen molar-refractivity contribution in [3.05, 3.63) is 17.0 Å². The second-order valence-electron chi connectivity index (χ2n) is 8.62. The van der Waals surface area contributed by atoms with Crippen molar-refractivity contribution in [3.63, 3.8) is 0 Å². The van der Waals surface area contributed by atoms with Gasteiger partial charge in [-0.05, 0) is 37.4 Å². The quantitative estimate of drug-likeness (QED) is 0.770. The van der Waals surface area contributed by atoms with Crippen molar-refractivity contribution in [1.29, 1.82) is 0 Å². The summed E-state index contributed by atoms with van der Waals surface area (Å²) in [5, 5.41) is 1.64. The van der Waals surface area contributed by atoms with Gasteiger partial charge in [-0.15, -0.1) is 0 Å². The molecule has 1 saturated heterocycles. The lowest BCUT2D eigenvalue weighted by Crippen LogP contribution is -2.49. The lowest BCUT2D eigenvalue weighted by molar-refractivity contribution is 0.122. The predicted octanol–water partition coefficient (Wildman–Crippen LogP) is 4.13. The first kappa shape index (κ1) is 17.9. The summed E-state index contributed by atoms with van der Waals surface area (Å²) in [4.78, 5) is 7.79. The summed E-state index contributed by atoms with van der Waals surface area (Å²) in [6, 6.07) is 0. The molecular weight excluding hydrogens is 312 g/mol. The standard InChI is InChI=1S/C20H34N2OSi/c1-15-16(2)21-18(17-9-7-6-8-10-17)20(24(3,4)5)19(15)22-11-13-23-14-12-22/h17H,6-14H2,1-5H3. The van der Waals surface area contributed by atoms with Gasteiger partial charge in [-0.2, -0.15) is 0 Å². The van der Waals surface area contributed by atoms with Gasteiger partial charge in [0, 0.05) is 36.1 Å². The van der Waals surface area contributed by atoms with Crippen LogP contribution in [-0.4, -0.2) is 39.4 Å². The fraction of sp³-hybridized carbons (Fsp3) is 0.750. The summed E-state index contributed by atoms with van der Waals surface area (Å²) < 4.78 is 5.62. The topological polar surface area (TPSA) is 25.4 Å². The van der Waals surface area contributed by atoms with Crippen molar-refractivity contribution >= 4 is 18.9 Å². The third-order valence-electron chi connectivity index (χ3n) is 5.75. The zero-order chi connectivity index (χ0) is 17.3. The second-order valence-corrected chi connectivity index (χ2v) is 13.6. The number of hydrogen-bond acceptors (Lipinski definition) is 3. The highest BCUT2D eigenvalue weighted by molar-refractivity contribution is 6.90. The van der Waals surface area contributed by atoms with Crippen LogP contribution in [0.3, 0.4) is 0 Å². The second kappa shape index (κ2) is 7.16. The van der Waals surface area contributed by atoms with Gasteiger partial charge in [0.2, 0.25) is 0 Å². The van der Waals surface area contributed by atoms with E-state index >= 15 is 0 Å². The Labute approximate surface area is 148 Å². The molecule has 1 aliphatic carbocycles. The minimum atomic E-state index is -1.49. The molecule has 3 nitrogen and oxygen atoms in total. The Balaban J connectivity index is 2.15. The van der Waals surface area contributed by atoms with E-state index in [0.717, 1.165) is 26.3 Å². The number of anilines is 1. The number of rotatable bonds is 3. The summed E-state index contributed by atoms with van der Waals surface area (Å²) in [5.74, 6) is 0.680. The lowest BCUT2D eigenvalue weighted by atomic mass is 9.86. The van der Waals surface area contributed by atoms with E-state index in [4.69, 9.17) is 9.72 Å². The zero-order valence-electron chi connectivity index (χ0n) is 16.2. The highest BCUT2D eigenvalue weighted by Crippen LogP contribution is 2.35. The number of aromatic nitrogens is 1. The number of ether oxygens (including phenoxy) is 1. The molecule has 2 fully saturated rings. The SMILES string of the molecule is Cc1nc(C2CCCCC2)c([Si](C)(C)C)c(N2CCOCC2)c1C. The van der Waals surface area contributed by atoms with E-state index < -0.39 is 8.07 Å². The molecule has 0 spiro atoms. The summed E-state index contributed by atoms with van der Waals surface area (Å²) in [5.41, 5.74) is 5.61. The van der Waals surface area contributed by atoms with Gasteiger partial charge in [0.05, 0.1) is 21.3 Å². The van der Waals surface area contributed by atoms with Gasteiger partial charge in [-0.1, -0.05) is 38.9 Å². The summed E-state index contributed by atoms with van der Waals surface area (Å²) in [7, 11) is -1.49. The van der Waals surface area contributed by atoms with Crippen LogP contribution in [0.15, 0.2) is 0 Å². The summed E-state index contributed by atoms with van der Waals surface area (Å²) >= 11 is 0.